The molecule has 0 radical (unpaired) electrons. The predicted octanol–water partition coefficient (Wildman–Crippen LogP) is 2.20. The zero-order valence-electron chi connectivity index (χ0n) is 10.1. The maximum absolute atomic E-state index is 9.09. The molecule has 2 heterocycles. The van der Waals surface area contributed by atoms with Gasteiger partial charge in [-0.3, -0.25) is 0 Å². The maximum Gasteiger partial charge on any atom is 0.129 e. The summed E-state index contributed by atoms with van der Waals surface area (Å²) in [5.41, 5.74) is 0.753. The molecule has 1 N–H and O–H groups in total. The van der Waals surface area contributed by atoms with Crippen LogP contribution in [0, 0.1) is 5.92 Å². The summed E-state index contributed by atoms with van der Waals surface area (Å²) in [5.74, 6) is 1.82. The fourth-order valence-electron chi connectivity index (χ4n) is 2.46. The molecule has 1 fully saturated rings. The van der Waals surface area contributed by atoms with Crippen molar-refractivity contribution in [3.63, 3.8) is 0 Å². The van der Waals surface area contributed by atoms with Crippen LogP contribution < -0.4 is 4.90 Å². The van der Waals surface area contributed by atoms with E-state index >= 15 is 0 Å². The molecule has 2 rings (SSSR count). The number of aliphatic hydroxyl groups excluding tert-OH is 1. The lowest BCUT2D eigenvalue weighted by Crippen LogP contribution is -2.40. The first-order valence-electron chi connectivity index (χ1n) is 6.04. The van der Waals surface area contributed by atoms with Crippen molar-refractivity contribution in [2.75, 3.05) is 11.4 Å². The molecule has 1 aromatic rings. The normalized spacial score (nSPS) is 25.8. The number of piperidine rings is 1. The van der Waals surface area contributed by atoms with Gasteiger partial charge in [0.05, 0.1) is 12.3 Å². The lowest BCUT2D eigenvalue weighted by Gasteiger charge is -2.37. The van der Waals surface area contributed by atoms with Gasteiger partial charge in [0.2, 0.25) is 0 Å². The van der Waals surface area contributed by atoms with E-state index < -0.39 is 0 Å². The van der Waals surface area contributed by atoms with Crippen molar-refractivity contribution in [1.82, 2.24) is 4.98 Å². The Morgan fingerprint density at radius 1 is 1.44 bits per heavy atom. The van der Waals surface area contributed by atoms with Gasteiger partial charge in [-0.15, -0.1) is 0 Å². The minimum atomic E-state index is 0.0203. The largest absolute Gasteiger partial charge is 0.390 e. The van der Waals surface area contributed by atoms with E-state index in [1.165, 1.54) is 12.8 Å². The molecule has 16 heavy (non-hydrogen) atoms. The first-order chi connectivity index (χ1) is 7.70. The molecule has 0 aromatic carbocycles. The molecule has 88 valence electrons. The summed E-state index contributed by atoms with van der Waals surface area (Å²) >= 11 is 0. The number of hydrogen-bond donors (Lipinski definition) is 1. The average Bonchev–Trinajstić information content (AvgIpc) is 2.29. The van der Waals surface area contributed by atoms with Gasteiger partial charge in [0.25, 0.3) is 0 Å². The van der Waals surface area contributed by atoms with Crippen molar-refractivity contribution in [3.05, 3.63) is 23.9 Å². The molecule has 1 aliphatic rings. The highest BCUT2D eigenvalue weighted by Gasteiger charge is 2.23. The second-order valence-electron chi connectivity index (χ2n) is 4.82. The van der Waals surface area contributed by atoms with Crippen LogP contribution in [-0.2, 0) is 6.61 Å². The van der Waals surface area contributed by atoms with Crippen molar-refractivity contribution in [1.29, 1.82) is 0 Å². The number of hydrogen-bond acceptors (Lipinski definition) is 3. The highest BCUT2D eigenvalue weighted by Crippen LogP contribution is 2.26. The monoisotopic (exact) mass is 220 g/mol. The summed E-state index contributed by atoms with van der Waals surface area (Å²) < 4.78 is 0. The smallest absolute Gasteiger partial charge is 0.129 e. The molecule has 0 amide bonds. The highest BCUT2D eigenvalue weighted by molar-refractivity contribution is 5.40. The summed E-state index contributed by atoms with van der Waals surface area (Å²) in [7, 11) is 0. The van der Waals surface area contributed by atoms with Crippen LogP contribution in [0.2, 0.25) is 0 Å². The van der Waals surface area contributed by atoms with Crippen LogP contribution in [0.25, 0.3) is 0 Å². The molecular formula is C13H20N2O. The van der Waals surface area contributed by atoms with E-state index in [1.807, 2.05) is 18.2 Å². The van der Waals surface area contributed by atoms with Gasteiger partial charge in [0, 0.05) is 12.6 Å². The molecule has 0 bridgehead atoms. The SMILES string of the molecule is CC1CCN(c2cccc(CO)n2)C(C)C1. The van der Waals surface area contributed by atoms with E-state index in [0.717, 1.165) is 24.0 Å². The van der Waals surface area contributed by atoms with Crippen molar-refractivity contribution in [2.24, 2.45) is 5.92 Å². The fraction of sp³-hybridized carbons (Fsp3) is 0.615. The molecule has 0 spiro atoms. The number of aromatic nitrogens is 1. The third kappa shape index (κ3) is 2.35. The van der Waals surface area contributed by atoms with Crippen molar-refractivity contribution in [3.8, 4) is 0 Å². The van der Waals surface area contributed by atoms with E-state index in [1.54, 1.807) is 0 Å². The quantitative estimate of drug-likeness (QED) is 0.830. The Bertz CT molecular complexity index is 354. The number of aliphatic hydroxyl groups is 1. The fourth-order valence-corrected chi connectivity index (χ4v) is 2.46. The molecule has 1 saturated heterocycles. The Morgan fingerprint density at radius 3 is 2.94 bits per heavy atom. The van der Waals surface area contributed by atoms with Gasteiger partial charge in [0.1, 0.15) is 5.82 Å². The van der Waals surface area contributed by atoms with Crippen LogP contribution >= 0.6 is 0 Å². The first-order valence-corrected chi connectivity index (χ1v) is 6.04. The third-order valence-electron chi connectivity index (χ3n) is 3.39. The van der Waals surface area contributed by atoms with E-state index in [-0.39, 0.29) is 6.61 Å². The van der Waals surface area contributed by atoms with Crippen LogP contribution in [0.1, 0.15) is 32.4 Å². The molecule has 3 heteroatoms. The topological polar surface area (TPSA) is 36.4 Å². The van der Waals surface area contributed by atoms with Gasteiger partial charge >= 0.3 is 0 Å². The van der Waals surface area contributed by atoms with Gasteiger partial charge in [-0.2, -0.15) is 0 Å². The highest BCUT2D eigenvalue weighted by atomic mass is 16.3. The van der Waals surface area contributed by atoms with Crippen LogP contribution in [0.4, 0.5) is 5.82 Å². The molecule has 0 saturated carbocycles. The van der Waals surface area contributed by atoms with E-state index in [4.69, 9.17) is 5.11 Å². The van der Waals surface area contributed by atoms with Crippen LogP contribution in [0.5, 0.6) is 0 Å². The zero-order chi connectivity index (χ0) is 11.5. The Hall–Kier alpha value is -1.09. The number of nitrogens with zero attached hydrogens (tertiary/aromatic N) is 2. The lowest BCUT2D eigenvalue weighted by atomic mass is 9.93. The minimum Gasteiger partial charge on any atom is -0.390 e. The molecule has 0 aliphatic carbocycles. The van der Waals surface area contributed by atoms with E-state index in [2.05, 4.69) is 23.7 Å². The Balaban J connectivity index is 2.16. The summed E-state index contributed by atoms with van der Waals surface area (Å²) in [4.78, 5) is 6.81. The number of rotatable bonds is 2. The summed E-state index contributed by atoms with van der Waals surface area (Å²) in [6, 6.07) is 6.41. The second kappa shape index (κ2) is 4.83. The maximum atomic E-state index is 9.09. The van der Waals surface area contributed by atoms with Gasteiger partial charge < -0.3 is 10.0 Å². The molecule has 1 aliphatic heterocycles. The Labute approximate surface area is 97.1 Å². The van der Waals surface area contributed by atoms with Gasteiger partial charge in [-0.1, -0.05) is 13.0 Å². The number of pyridine rings is 1. The van der Waals surface area contributed by atoms with Crippen LogP contribution in [0.15, 0.2) is 18.2 Å². The van der Waals surface area contributed by atoms with Gasteiger partial charge in [-0.25, -0.2) is 4.98 Å². The van der Waals surface area contributed by atoms with Gasteiger partial charge in [-0.05, 0) is 37.8 Å². The molecule has 1 aromatic heterocycles. The summed E-state index contributed by atoms with van der Waals surface area (Å²) in [5, 5.41) is 9.09. The summed E-state index contributed by atoms with van der Waals surface area (Å²) in [6.07, 6.45) is 2.46. The molecular weight excluding hydrogens is 200 g/mol. The van der Waals surface area contributed by atoms with Crippen LogP contribution in [-0.4, -0.2) is 22.7 Å². The lowest BCUT2D eigenvalue weighted by molar-refractivity contribution is 0.276. The predicted molar refractivity (Wildman–Crippen MR) is 65.4 cm³/mol. The molecule has 2 atom stereocenters. The standard InChI is InChI=1S/C13H20N2O/c1-10-6-7-15(11(2)8-10)13-5-3-4-12(9-16)14-13/h3-5,10-11,16H,6-9H2,1-2H3. The van der Waals surface area contributed by atoms with Crippen molar-refractivity contribution in [2.45, 2.75) is 39.3 Å². The van der Waals surface area contributed by atoms with E-state index in [0.29, 0.717) is 6.04 Å². The molecule has 3 nitrogen and oxygen atoms in total. The summed E-state index contributed by atoms with van der Waals surface area (Å²) in [6.45, 7) is 5.66. The first kappa shape index (κ1) is 11.4. The molecule has 2 unspecified atom stereocenters. The second-order valence-corrected chi connectivity index (χ2v) is 4.82. The van der Waals surface area contributed by atoms with E-state index in [9.17, 15) is 0 Å². The zero-order valence-corrected chi connectivity index (χ0v) is 10.1. The third-order valence-corrected chi connectivity index (χ3v) is 3.39. The average molecular weight is 220 g/mol. The van der Waals surface area contributed by atoms with Crippen LogP contribution in [0.3, 0.4) is 0 Å². The van der Waals surface area contributed by atoms with Crippen molar-refractivity contribution >= 4 is 5.82 Å². The van der Waals surface area contributed by atoms with Gasteiger partial charge in [0.15, 0.2) is 0 Å². The Kier molecular flexibility index (Phi) is 3.44. The minimum absolute atomic E-state index is 0.0203. The van der Waals surface area contributed by atoms with Crippen molar-refractivity contribution < 1.29 is 5.11 Å². The Morgan fingerprint density at radius 2 is 2.25 bits per heavy atom. The number of anilines is 1.